The maximum Gasteiger partial charge on any atom is 0.327 e. The second-order valence-corrected chi connectivity index (χ2v) is 2.93. The number of carbonyl (C=O) groups is 1. The molecule has 1 rings (SSSR count). The average Bonchev–Trinajstić information content (AvgIpc) is 2.69. The number of imidazole rings is 1. The van der Waals surface area contributed by atoms with Crippen molar-refractivity contribution in [3.05, 3.63) is 18.7 Å². The van der Waals surface area contributed by atoms with Gasteiger partial charge in [0.15, 0.2) is 0 Å². The molecule has 1 heterocycles. The van der Waals surface area contributed by atoms with Crippen LogP contribution in [-0.2, 0) is 0 Å². The molecule has 1 amide bonds. The molecule has 74 valence electrons. The van der Waals surface area contributed by atoms with Crippen LogP contribution in [0.1, 0.15) is 19.8 Å². The zero-order chi connectivity index (χ0) is 10.4. The Morgan fingerprint density at radius 2 is 2.57 bits per heavy atom. The number of rotatable bonds is 3. The summed E-state index contributed by atoms with van der Waals surface area (Å²) in [7, 11) is 0. The Morgan fingerprint density at radius 1 is 1.79 bits per heavy atom. The molecule has 0 fully saturated rings. The Hall–Kier alpha value is -1.76. The van der Waals surface area contributed by atoms with Crippen LogP contribution in [0.3, 0.4) is 0 Å². The second-order valence-electron chi connectivity index (χ2n) is 2.93. The number of carbonyl (C=O) groups excluding carboxylic acids is 1. The molecular formula is C10H13N3O. The van der Waals surface area contributed by atoms with Gasteiger partial charge in [0.2, 0.25) is 0 Å². The lowest BCUT2D eigenvalue weighted by Gasteiger charge is -2.11. The molecule has 0 saturated heterocycles. The van der Waals surface area contributed by atoms with E-state index in [9.17, 15) is 4.79 Å². The highest BCUT2D eigenvalue weighted by Gasteiger charge is 2.08. The summed E-state index contributed by atoms with van der Waals surface area (Å²) >= 11 is 0. The highest BCUT2D eigenvalue weighted by molar-refractivity contribution is 5.77. The van der Waals surface area contributed by atoms with Crippen LogP contribution in [0.15, 0.2) is 18.7 Å². The van der Waals surface area contributed by atoms with E-state index in [0.29, 0.717) is 0 Å². The summed E-state index contributed by atoms with van der Waals surface area (Å²) in [6, 6.07) is -0.436. The number of nitrogens with one attached hydrogen (secondary N) is 1. The number of nitrogens with zero attached hydrogens (tertiary/aromatic N) is 2. The monoisotopic (exact) mass is 191 g/mol. The molecule has 1 aromatic heterocycles. The Balaban J connectivity index is 2.52. The number of hydrogen-bond acceptors (Lipinski definition) is 2. The van der Waals surface area contributed by atoms with E-state index in [2.05, 4.69) is 16.2 Å². The molecule has 1 aromatic rings. The molecular weight excluding hydrogens is 178 g/mol. The van der Waals surface area contributed by atoms with E-state index in [1.54, 1.807) is 12.4 Å². The number of terminal acetylenes is 1. The van der Waals surface area contributed by atoms with Crippen LogP contribution in [0.5, 0.6) is 0 Å². The summed E-state index contributed by atoms with van der Waals surface area (Å²) in [5, 5.41) is 2.72. The average molecular weight is 191 g/mol. The van der Waals surface area contributed by atoms with Crippen molar-refractivity contribution in [1.82, 2.24) is 14.9 Å². The number of hydrogen-bond donors (Lipinski definition) is 1. The molecule has 1 N–H and O–H groups in total. The maximum atomic E-state index is 11.5. The van der Waals surface area contributed by atoms with Crippen LogP contribution in [0.25, 0.3) is 0 Å². The molecule has 0 saturated carbocycles. The van der Waals surface area contributed by atoms with Crippen molar-refractivity contribution in [3.63, 3.8) is 0 Å². The van der Waals surface area contributed by atoms with Gasteiger partial charge in [0, 0.05) is 12.4 Å². The summed E-state index contributed by atoms with van der Waals surface area (Å²) in [4.78, 5) is 15.2. The van der Waals surface area contributed by atoms with Crippen molar-refractivity contribution in [2.45, 2.75) is 25.8 Å². The smallest absolute Gasteiger partial charge is 0.324 e. The van der Waals surface area contributed by atoms with Crippen molar-refractivity contribution in [1.29, 1.82) is 0 Å². The predicted molar refractivity (Wildman–Crippen MR) is 53.7 cm³/mol. The Morgan fingerprint density at radius 3 is 3.07 bits per heavy atom. The molecule has 0 spiro atoms. The summed E-state index contributed by atoms with van der Waals surface area (Å²) < 4.78 is 1.36. The van der Waals surface area contributed by atoms with Crippen molar-refractivity contribution < 1.29 is 4.79 Å². The molecule has 4 heteroatoms. The molecule has 0 aromatic carbocycles. The fourth-order valence-electron chi connectivity index (χ4n) is 1.09. The minimum Gasteiger partial charge on any atom is -0.324 e. The van der Waals surface area contributed by atoms with Crippen LogP contribution in [0.4, 0.5) is 4.79 Å². The lowest BCUT2D eigenvalue weighted by molar-refractivity contribution is 0.240. The molecule has 4 nitrogen and oxygen atoms in total. The highest BCUT2D eigenvalue weighted by Crippen LogP contribution is 1.95. The fourth-order valence-corrected chi connectivity index (χ4v) is 1.09. The zero-order valence-electron chi connectivity index (χ0n) is 8.10. The third-order valence-corrected chi connectivity index (χ3v) is 1.82. The maximum absolute atomic E-state index is 11.5. The van der Waals surface area contributed by atoms with Gasteiger partial charge in [0.05, 0.1) is 6.04 Å². The van der Waals surface area contributed by atoms with Gasteiger partial charge >= 0.3 is 6.03 Å². The van der Waals surface area contributed by atoms with Crippen molar-refractivity contribution in [2.75, 3.05) is 0 Å². The first-order valence-corrected chi connectivity index (χ1v) is 4.53. The van der Waals surface area contributed by atoms with Gasteiger partial charge in [-0.05, 0) is 6.42 Å². The normalized spacial score (nSPS) is 11.7. The first-order valence-electron chi connectivity index (χ1n) is 4.53. The van der Waals surface area contributed by atoms with Crippen molar-refractivity contribution in [3.8, 4) is 12.3 Å². The summed E-state index contributed by atoms with van der Waals surface area (Å²) in [5.41, 5.74) is 0. The first kappa shape index (κ1) is 10.3. The van der Waals surface area contributed by atoms with Gasteiger partial charge in [0.1, 0.15) is 6.33 Å². The van der Waals surface area contributed by atoms with Gasteiger partial charge in [-0.15, -0.1) is 6.42 Å². The minimum atomic E-state index is -0.237. The van der Waals surface area contributed by atoms with Crippen molar-refractivity contribution >= 4 is 6.03 Å². The molecule has 0 aliphatic carbocycles. The van der Waals surface area contributed by atoms with Crippen LogP contribution in [-0.4, -0.2) is 21.6 Å². The third-order valence-electron chi connectivity index (χ3n) is 1.82. The van der Waals surface area contributed by atoms with Crippen LogP contribution >= 0.6 is 0 Å². The first-order chi connectivity index (χ1) is 6.77. The lowest BCUT2D eigenvalue weighted by atomic mass is 10.2. The molecule has 0 radical (unpaired) electrons. The largest absolute Gasteiger partial charge is 0.327 e. The quantitative estimate of drug-likeness (QED) is 0.731. The molecule has 1 atom stereocenters. The zero-order valence-corrected chi connectivity index (χ0v) is 8.10. The van der Waals surface area contributed by atoms with Gasteiger partial charge in [-0.1, -0.05) is 19.3 Å². The van der Waals surface area contributed by atoms with E-state index in [1.165, 1.54) is 10.9 Å². The molecule has 1 unspecified atom stereocenters. The predicted octanol–water partition coefficient (Wildman–Crippen LogP) is 1.24. The molecule has 0 bridgehead atoms. The summed E-state index contributed by atoms with van der Waals surface area (Å²) in [6.07, 6.45) is 11.6. The van der Waals surface area contributed by atoms with E-state index >= 15 is 0 Å². The summed E-state index contributed by atoms with van der Waals surface area (Å²) in [6.45, 7) is 2.02. The lowest BCUT2D eigenvalue weighted by Crippen LogP contribution is -2.36. The Labute approximate surface area is 83.3 Å². The highest BCUT2D eigenvalue weighted by atomic mass is 16.2. The van der Waals surface area contributed by atoms with Crippen LogP contribution < -0.4 is 5.32 Å². The second kappa shape index (κ2) is 5.07. The van der Waals surface area contributed by atoms with Gasteiger partial charge in [-0.25, -0.2) is 9.78 Å². The molecule has 0 aliphatic rings. The van der Waals surface area contributed by atoms with Crippen LogP contribution in [0, 0.1) is 12.3 Å². The number of aromatic nitrogens is 2. The van der Waals surface area contributed by atoms with Gasteiger partial charge in [0.25, 0.3) is 0 Å². The third kappa shape index (κ3) is 2.63. The van der Waals surface area contributed by atoms with E-state index in [4.69, 9.17) is 6.42 Å². The van der Waals surface area contributed by atoms with E-state index in [1.807, 2.05) is 6.92 Å². The topological polar surface area (TPSA) is 46.9 Å². The number of amides is 1. The van der Waals surface area contributed by atoms with E-state index in [-0.39, 0.29) is 12.1 Å². The van der Waals surface area contributed by atoms with Gasteiger partial charge in [-0.2, -0.15) is 0 Å². The minimum absolute atomic E-state index is 0.199. The van der Waals surface area contributed by atoms with E-state index in [0.717, 1.165) is 12.8 Å². The van der Waals surface area contributed by atoms with Crippen molar-refractivity contribution in [2.24, 2.45) is 0 Å². The summed E-state index contributed by atoms with van der Waals surface area (Å²) in [5.74, 6) is 2.53. The Kier molecular flexibility index (Phi) is 3.74. The molecule has 14 heavy (non-hydrogen) atoms. The van der Waals surface area contributed by atoms with E-state index < -0.39 is 0 Å². The molecule has 0 aliphatic heterocycles. The Bertz CT molecular complexity index is 324. The van der Waals surface area contributed by atoms with Crippen LogP contribution in [0.2, 0.25) is 0 Å². The fraction of sp³-hybridized carbons (Fsp3) is 0.400. The van der Waals surface area contributed by atoms with Gasteiger partial charge in [-0.3, -0.25) is 4.57 Å². The van der Waals surface area contributed by atoms with Gasteiger partial charge < -0.3 is 5.32 Å². The SMILES string of the molecule is C#CC(CCC)NC(=O)n1ccnc1. The standard InChI is InChI=1S/C10H13N3O/c1-3-5-9(4-2)12-10(14)13-7-6-11-8-13/h2,6-9H,3,5H2,1H3,(H,12,14).